The molecule has 0 N–H and O–H groups in total. The number of nitrogens with zero attached hydrogens (tertiary/aromatic N) is 12. The van der Waals surface area contributed by atoms with E-state index in [1.807, 2.05) is 0 Å². The van der Waals surface area contributed by atoms with Crippen LogP contribution >= 0.6 is 0 Å². The number of hydrogen-bond donors (Lipinski definition) is 0. The summed E-state index contributed by atoms with van der Waals surface area (Å²) in [6.07, 6.45) is 0. The van der Waals surface area contributed by atoms with Crippen LogP contribution in [0.3, 0.4) is 0 Å². The van der Waals surface area contributed by atoms with E-state index < -0.39 is 0 Å². The summed E-state index contributed by atoms with van der Waals surface area (Å²) in [5, 5.41) is 75.0. The Bertz CT molecular complexity index is 273. The van der Waals surface area contributed by atoms with E-state index in [1.54, 1.807) is 0 Å². The molecule has 0 aliphatic heterocycles. The van der Waals surface area contributed by atoms with Crippen molar-refractivity contribution in [1.82, 2.24) is 0 Å². The van der Waals surface area contributed by atoms with Gasteiger partial charge < -0.3 is 142 Å². The molecule has 32 heavy (non-hydrogen) atoms. The second-order valence-electron chi connectivity index (χ2n) is 1.41. The molecule has 0 spiro atoms. The molecule has 0 saturated heterocycles. The van der Waals surface area contributed by atoms with E-state index in [4.69, 9.17) is 142 Å². The van der Waals surface area contributed by atoms with Gasteiger partial charge in [0, 0.05) is 0 Å². The van der Waals surface area contributed by atoms with Crippen LogP contribution in [0.5, 0.6) is 0 Å². The Kier molecular flexibility index (Phi) is 3890. The first-order valence-electron chi connectivity index (χ1n) is 5.51. The molecule has 0 radical (unpaired) electrons. The molecule has 0 heterocycles. The molecule has 0 atom stereocenters. The van der Waals surface area contributed by atoms with E-state index in [9.17, 15) is 0 Å². The molecule has 0 bridgehead atoms. The van der Waals surface area contributed by atoms with Gasteiger partial charge in [-0.2, -0.15) is 0 Å². The fraction of sp³-hybridized carbons (Fsp3) is 0. The summed E-state index contributed by atoms with van der Waals surface area (Å²) < 4.78 is 1.00. The molecule has 0 rings (SSSR count). The van der Waals surface area contributed by atoms with Crippen molar-refractivity contribution in [2.75, 3.05) is 0 Å². The van der Waals surface area contributed by atoms with Gasteiger partial charge >= 0.3 is 192 Å². The summed E-state index contributed by atoms with van der Waals surface area (Å²) >= 11 is 5.50. The second-order valence-corrected chi connectivity index (χ2v) is 99.1. The van der Waals surface area contributed by atoms with E-state index in [-0.39, 0.29) is 34.1 Å². The zero-order chi connectivity index (χ0) is 29.4. The van der Waals surface area contributed by atoms with Gasteiger partial charge in [-0.3, -0.25) is 0 Å². The van der Waals surface area contributed by atoms with Gasteiger partial charge in [0.15, 0.2) is 0 Å². The van der Waals surface area contributed by atoms with E-state index in [0.717, 1.165) is 0 Å². The van der Waals surface area contributed by atoms with E-state index >= 15 is 0 Å². The topological polar surface area (TPSA) is 285 Å². The fourth-order valence-corrected chi connectivity index (χ4v) is 0. The molecule has 134 valence electrons. The quantitative estimate of drug-likeness (QED) is 0.220. The summed E-state index contributed by atoms with van der Waals surface area (Å²) in [7, 11) is 0. The third kappa shape index (κ3) is 2330. The van der Waals surface area contributed by atoms with Crippen molar-refractivity contribution in [3.63, 3.8) is 0 Å². The molecule has 0 amide bonds. The maximum absolute atomic E-state index is 6.25. The van der Waals surface area contributed by atoms with Gasteiger partial charge in [0.25, 0.3) is 0 Å². The van der Waals surface area contributed by atoms with Crippen molar-refractivity contribution in [2.24, 2.45) is 0 Å². The molecule has 0 saturated carbocycles. The fourth-order valence-electron chi connectivity index (χ4n) is 0. The standard InChI is InChI=1S/12CN.2Ca.2Fe.4K/c12*1-2;;;;;;;;/q12*-1;;;+4;+6;;;;. The van der Waals surface area contributed by atoms with Crippen molar-refractivity contribution >= 4 is 158 Å². The summed E-state index contributed by atoms with van der Waals surface area (Å²) in [6.45, 7) is 57.0. The first kappa shape index (κ1) is 110. The molecule has 0 aliphatic rings. The van der Waals surface area contributed by atoms with E-state index in [1.165, 1.54) is 149 Å². The Morgan fingerprint density at radius 1 is 0.281 bits per heavy atom. The third-order valence-electron chi connectivity index (χ3n) is 0. The minimum absolute atomic E-state index is 0. The number of hydrogen-bond acceptors (Lipinski definition) is 12. The van der Waals surface area contributed by atoms with Gasteiger partial charge in [0.1, 0.15) is 0 Å². The molecule has 0 aromatic rings. The average molecular weight is 660 g/mol. The zero-order valence-electron chi connectivity index (χ0n) is 17.5. The summed E-state index contributed by atoms with van der Waals surface area (Å²) in [6, 6.07) is 0. The van der Waals surface area contributed by atoms with Crippen molar-refractivity contribution in [3.05, 3.63) is 78.9 Å². The van der Waals surface area contributed by atoms with Crippen molar-refractivity contribution in [2.45, 2.75) is 0 Å². The SMILES string of the molecule is [C-]#N.[C-]#N.[C-]#N.[C-]#N.[C-]#N.[C-]#N.[C-]#N.[C-]#N.[C-]#N.[C-]#N.[C-]#N.[C-]#N.[Fe+4].[Fe+6].[K][Ca][K].[K][Ca][K]. The maximum atomic E-state index is 6.25. The van der Waals surface area contributed by atoms with Gasteiger partial charge in [-0.25, -0.2) is 0 Å². The van der Waals surface area contributed by atoms with Crippen molar-refractivity contribution < 1.29 is 34.1 Å². The van der Waals surface area contributed by atoms with Crippen LogP contribution in [-0.4, -0.2) is 158 Å². The Balaban J connectivity index is -0.00000000615. The first-order valence-corrected chi connectivity index (χ1v) is 50.8. The van der Waals surface area contributed by atoms with Crippen LogP contribution in [0.2, 0.25) is 0 Å². The molecule has 0 unspecified atom stereocenters. The Hall–Kier alpha value is 3.98. The van der Waals surface area contributed by atoms with E-state index in [2.05, 4.69) is 0 Å². The van der Waals surface area contributed by atoms with Gasteiger partial charge in [-0.05, 0) is 0 Å². The van der Waals surface area contributed by atoms with Crippen molar-refractivity contribution in [1.29, 1.82) is 63.1 Å². The first-order chi connectivity index (χ1) is 14.8. The van der Waals surface area contributed by atoms with Crippen LogP contribution in [0.25, 0.3) is 0 Å². The Labute approximate surface area is 321 Å². The molecule has 0 fully saturated rings. The van der Waals surface area contributed by atoms with Crippen LogP contribution < -0.4 is 0 Å². The van der Waals surface area contributed by atoms with Gasteiger partial charge in [0.2, 0.25) is 0 Å². The molecule has 0 aliphatic carbocycles. The van der Waals surface area contributed by atoms with Crippen LogP contribution in [0.1, 0.15) is 0 Å². The molecule has 0 aromatic heterocycles. The predicted molar refractivity (Wildman–Crippen MR) is 94.1 cm³/mol. The molecule has 0 aromatic carbocycles. The zero-order valence-corrected chi connectivity index (χ0v) is 36.6. The van der Waals surface area contributed by atoms with Crippen LogP contribution in [-0.2, 0) is 34.1 Å². The second kappa shape index (κ2) is 1130. The minimum atomic E-state index is 0. The predicted octanol–water partition coefficient (Wildman–Crippen LogP) is -1.13. The molecule has 20 heteroatoms. The number of rotatable bonds is 0. The van der Waals surface area contributed by atoms with Gasteiger partial charge in [0.05, 0.1) is 0 Å². The molecular weight excluding hydrogens is 660 g/mol. The molecule has 12 nitrogen and oxygen atoms in total. The van der Waals surface area contributed by atoms with Gasteiger partial charge in [-0.15, -0.1) is 0 Å². The normalized spacial score (nSPS) is 1.50. The van der Waals surface area contributed by atoms with E-state index in [0.29, 0.717) is 9.27 Å². The Morgan fingerprint density at radius 3 is 0.281 bits per heavy atom. The summed E-state index contributed by atoms with van der Waals surface area (Å²) in [5.74, 6) is 0. The van der Waals surface area contributed by atoms with Crippen molar-refractivity contribution in [3.8, 4) is 0 Å². The molecular formula is C12Ca2Fe2K4N12-2. The average Bonchev–Trinajstić information content (AvgIpc) is 2.94. The third-order valence-corrected chi connectivity index (χ3v) is 0. The summed E-state index contributed by atoms with van der Waals surface area (Å²) in [4.78, 5) is 0. The summed E-state index contributed by atoms with van der Waals surface area (Å²) in [5.41, 5.74) is 0. The van der Waals surface area contributed by atoms with Crippen LogP contribution in [0, 0.1) is 142 Å². The van der Waals surface area contributed by atoms with Gasteiger partial charge in [-0.1, -0.05) is 0 Å². The van der Waals surface area contributed by atoms with Crippen LogP contribution in [0.15, 0.2) is 0 Å². The van der Waals surface area contributed by atoms with Crippen LogP contribution in [0.4, 0.5) is 0 Å². The monoisotopic (exact) mass is 660 g/mol. The Morgan fingerprint density at radius 2 is 0.281 bits per heavy atom.